The summed E-state index contributed by atoms with van der Waals surface area (Å²) in [6.45, 7) is -0.603. The van der Waals surface area contributed by atoms with E-state index >= 15 is 0 Å². The number of esters is 1. The van der Waals surface area contributed by atoms with Gasteiger partial charge in [0.25, 0.3) is 5.91 Å². The van der Waals surface area contributed by atoms with E-state index in [4.69, 9.17) is 27.9 Å². The summed E-state index contributed by atoms with van der Waals surface area (Å²) in [7, 11) is 1.46. The van der Waals surface area contributed by atoms with Gasteiger partial charge >= 0.3 is 5.97 Å². The van der Waals surface area contributed by atoms with Crippen LogP contribution < -0.4 is 5.32 Å². The molecule has 0 atom stereocenters. The van der Waals surface area contributed by atoms with Gasteiger partial charge in [-0.3, -0.25) is 14.4 Å². The molecule has 0 radical (unpaired) electrons. The number of benzene rings is 2. The number of carbonyl (C=O) groups excluding carboxylic acids is 3. The number of para-hydroxylation sites is 1. The zero-order chi connectivity index (χ0) is 21.2. The Hall–Kier alpha value is -2.22. The van der Waals surface area contributed by atoms with Crippen molar-refractivity contribution in [2.45, 2.75) is 11.3 Å². The maximum Gasteiger partial charge on any atom is 0.307 e. The molecule has 0 aliphatic carbocycles. The molecular formula is C20H20Cl2N2O4S. The third-order valence-corrected chi connectivity index (χ3v) is 5.29. The van der Waals surface area contributed by atoms with Crippen LogP contribution in [0.15, 0.2) is 53.4 Å². The lowest BCUT2D eigenvalue weighted by Gasteiger charge is -2.17. The first-order chi connectivity index (χ1) is 13.8. The lowest BCUT2D eigenvalue weighted by Crippen LogP contribution is -2.37. The molecule has 0 saturated carbocycles. The number of likely N-dealkylation sites (N-methyl/N-ethyl adjacent to an activating group) is 1. The fourth-order valence-electron chi connectivity index (χ4n) is 2.16. The van der Waals surface area contributed by atoms with Crippen molar-refractivity contribution in [2.24, 2.45) is 0 Å². The minimum Gasteiger partial charge on any atom is -0.456 e. The molecule has 0 spiro atoms. The second-order valence-electron chi connectivity index (χ2n) is 5.99. The number of anilines is 1. The molecule has 0 saturated heterocycles. The Morgan fingerprint density at radius 1 is 1.07 bits per heavy atom. The van der Waals surface area contributed by atoms with Crippen LogP contribution in [0.2, 0.25) is 10.0 Å². The van der Waals surface area contributed by atoms with E-state index in [9.17, 15) is 14.4 Å². The Morgan fingerprint density at radius 3 is 2.45 bits per heavy atom. The lowest BCUT2D eigenvalue weighted by molar-refractivity contribution is -0.151. The number of thioether (sulfide) groups is 1. The Balaban J connectivity index is 1.66. The number of carbonyl (C=O) groups is 3. The fourth-order valence-corrected chi connectivity index (χ4v) is 3.31. The average molecular weight is 455 g/mol. The zero-order valence-corrected chi connectivity index (χ0v) is 18.0. The topological polar surface area (TPSA) is 75.7 Å². The van der Waals surface area contributed by atoms with Crippen LogP contribution in [0, 0.1) is 0 Å². The Labute approximate surface area is 183 Å². The van der Waals surface area contributed by atoms with Crippen molar-refractivity contribution in [3.8, 4) is 0 Å². The van der Waals surface area contributed by atoms with Crippen molar-refractivity contribution in [2.75, 3.05) is 31.3 Å². The van der Waals surface area contributed by atoms with E-state index in [1.54, 1.807) is 36.4 Å². The van der Waals surface area contributed by atoms with Crippen LogP contribution >= 0.6 is 35.0 Å². The number of hydrogen-bond acceptors (Lipinski definition) is 5. The molecule has 0 aromatic heterocycles. The number of amides is 2. The van der Waals surface area contributed by atoms with E-state index in [0.29, 0.717) is 21.5 Å². The normalized spacial score (nSPS) is 10.3. The first kappa shape index (κ1) is 23.1. The van der Waals surface area contributed by atoms with Crippen LogP contribution in [0.3, 0.4) is 0 Å². The molecule has 0 heterocycles. The van der Waals surface area contributed by atoms with Gasteiger partial charge in [0.05, 0.1) is 23.7 Å². The third-order valence-electron chi connectivity index (χ3n) is 3.70. The number of nitrogens with zero attached hydrogens (tertiary/aromatic N) is 1. The SMILES string of the molecule is CN(CC(=O)Nc1ccccc1Cl)C(=O)COC(=O)CCSc1ccc(Cl)cc1. The van der Waals surface area contributed by atoms with Gasteiger partial charge in [-0.1, -0.05) is 35.3 Å². The highest BCUT2D eigenvalue weighted by molar-refractivity contribution is 7.99. The summed E-state index contributed by atoms with van der Waals surface area (Å²) in [5, 5.41) is 3.68. The summed E-state index contributed by atoms with van der Waals surface area (Å²) in [6.07, 6.45) is 0.164. The smallest absolute Gasteiger partial charge is 0.307 e. The highest BCUT2D eigenvalue weighted by Crippen LogP contribution is 2.21. The van der Waals surface area contributed by atoms with Crippen molar-refractivity contribution in [1.82, 2.24) is 4.90 Å². The number of rotatable bonds is 9. The fraction of sp³-hybridized carbons (Fsp3) is 0.250. The number of ether oxygens (including phenoxy) is 1. The second kappa shape index (κ2) is 11.7. The predicted molar refractivity (Wildman–Crippen MR) is 115 cm³/mol. The first-order valence-corrected chi connectivity index (χ1v) is 10.4. The summed E-state index contributed by atoms with van der Waals surface area (Å²) in [5.74, 6) is -0.837. The molecule has 6 nitrogen and oxygen atoms in total. The van der Waals surface area contributed by atoms with Crippen LogP contribution in [-0.4, -0.2) is 48.6 Å². The van der Waals surface area contributed by atoms with Crippen molar-refractivity contribution >= 4 is 58.4 Å². The zero-order valence-electron chi connectivity index (χ0n) is 15.7. The second-order valence-corrected chi connectivity index (χ2v) is 8.00. The predicted octanol–water partition coefficient (Wildman–Crippen LogP) is 4.12. The summed E-state index contributed by atoms with van der Waals surface area (Å²) in [5.41, 5.74) is 0.463. The lowest BCUT2D eigenvalue weighted by atomic mass is 10.3. The van der Waals surface area contributed by atoms with Gasteiger partial charge in [-0.05, 0) is 36.4 Å². The quantitative estimate of drug-likeness (QED) is 0.455. The number of nitrogens with one attached hydrogen (secondary N) is 1. The van der Waals surface area contributed by atoms with Crippen molar-refractivity contribution < 1.29 is 19.1 Å². The monoisotopic (exact) mass is 454 g/mol. The van der Waals surface area contributed by atoms with Crippen molar-refractivity contribution in [3.63, 3.8) is 0 Å². The van der Waals surface area contributed by atoms with E-state index in [0.717, 1.165) is 4.90 Å². The molecule has 2 aromatic carbocycles. The summed E-state index contributed by atoms with van der Waals surface area (Å²) < 4.78 is 4.98. The van der Waals surface area contributed by atoms with Gasteiger partial charge in [-0.2, -0.15) is 0 Å². The molecule has 9 heteroatoms. The maximum atomic E-state index is 12.1. The van der Waals surface area contributed by atoms with E-state index in [-0.39, 0.29) is 13.0 Å². The van der Waals surface area contributed by atoms with Gasteiger partial charge < -0.3 is 15.0 Å². The van der Waals surface area contributed by atoms with Gasteiger partial charge in [0.15, 0.2) is 6.61 Å². The van der Waals surface area contributed by atoms with Gasteiger partial charge in [-0.15, -0.1) is 11.8 Å². The van der Waals surface area contributed by atoms with Crippen molar-refractivity contribution in [3.05, 3.63) is 58.6 Å². The highest BCUT2D eigenvalue weighted by Gasteiger charge is 2.16. The Bertz CT molecular complexity index is 862. The van der Waals surface area contributed by atoms with Gasteiger partial charge in [0, 0.05) is 22.7 Å². The van der Waals surface area contributed by atoms with Crippen LogP contribution in [0.25, 0.3) is 0 Å². The molecule has 0 fully saturated rings. The van der Waals surface area contributed by atoms with Crippen LogP contribution in [-0.2, 0) is 19.1 Å². The molecule has 2 rings (SSSR count). The minimum atomic E-state index is -0.478. The Morgan fingerprint density at radius 2 is 1.76 bits per heavy atom. The van der Waals surface area contributed by atoms with Crippen LogP contribution in [0.4, 0.5) is 5.69 Å². The molecule has 29 heavy (non-hydrogen) atoms. The van der Waals surface area contributed by atoms with Gasteiger partial charge in [0.2, 0.25) is 5.91 Å². The maximum absolute atomic E-state index is 12.1. The largest absolute Gasteiger partial charge is 0.456 e. The van der Waals surface area contributed by atoms with Crippen LogP contribution in [0.5, 0.6) is 0 Å². The van der Waals surface area contributed by atoms with E-state index < -0.39 is 24.4 Å². The molecule has 1 N–H and O–H groups in total. The number of halogens is 2. The molecule has 154 valence electrons. The molecule has 0 unspecified atom stereocenters. The molecule has 0 aliphatic heterocycles. The van der Waals surface area contributed by atoms with Gasteiger partial charge in [0.1, 0.15) is 0 Å². The van der Waals surface area contributed by atoms with Crippen molar-refractivity contribution in [1.29, 1.82) is 0 Å². The standard InChI is InChI=1S/C20H20Cl2N2O4S/c1-24(12-18(25)23-17-5-3-2-4-16(17)22)19(26)13-28-20(27)10-11-29-15-8-6-14(21)7-9-15/h2-9H,10-13H2,1H3,(H,23,25). The molecular weight excluding hydrogens is 435 g/mol. The van der Waals surface area contributed by atoms with Crippen LogP contribution in [0.1, 0.15) is 6.42 Å². The molecule has 0 aliphatic rings. The summed E-state index contributed by atoms with van der Waals surface area (Å²) in [4.78, 5) is 38.1. The molecule has 2 amide bonds. The molecule has 2 aromatic rings. The molecule has 0 bridgehead atoms. The van der Waals surface area contributed by atoms with Gasteiger partial charge in [-0.25, -0.2) is 0 Å². The first-order valence-electron chi connectivity index (χ1n) is 8.67. The average Bonchev–Trinajstić information content (AvgIpc) is 2.69. The number of hydrogen-bond donors (Lipinski definition) is 1. The summed E-state index contributed by atoms with van der Waals surface area (Å²) >= 11 is 13.3. The van der Waals surface area contributed by atoms with E-state index in [1.807, 2.05) is 12.1 Å². The Kier molecular flexibility index (Phi) is 9.31. The van der Waals surface area contributed by atoms with E-state index in [2.05, 4.69) is 5.32 Å². The third kappa shape index (κ3) is 8.35. The highest BCUT2D eigenvalue weighted by atomic mass is 35.5. The van der Waals surface area contributed by atoms with E-state index in [1.165, 1.54) is 23.7 Å². The summed E-state index contributed by atoms with van der Waals surface area (Å²) in [6, 6.07) is 14.1. The minimum absolute atomic E-state index is 0.164.